The molecule has 4 aromatic rings. The first-order valence-corrected chi connectivity index (χ1v) is 26.4. The lowest BCUT2D eigenvalue weighted by Gasteiger charge is -2.28. The van der Waals surface area contributed by atoms with Gasteiger partial charge in [0.1, 0.15) is 48.3 Å². The summed E-state index contributed by atoms with van der Waals surface area (Å²) >= 11 is 1.45. The van der Waals surface area contributed by atoms with Crippen molar-refractivity contribution in [1.29, 1.82) is 0 Å². The van der Waals surface area contributed by atoms with Gasteiger partial charge in [-0.3, -0.25) is 47.9 Å². The molecule has 76 heavy (non-hydrogen) atoms. The van der Waals surface area contributed by atoms with E-state index in [1.165, 1.54) is 38.1 Å². The van der Waals surface area contributed by atoms with Crippen LogP contribution in [0, 0.1) is 5.92 Å². The van der Waals surface area contributed by atoms with E-state index in [1.807, 2.05) is 37.4 Å². The van der Waals surface area contributed by atoms with E-state index in [1.54, 1.807) is 43.5 Å². The van der Waals surface area contributed by atoms with Crippen molar-refractivity contribution in [3.05, 3.63) is 90.1 Å². The molecule has 5 rings (SSSR count). The number of aromatic nitrogens is 3. The Bertz CT molecular complexity index is 2670. The number of para-hydroxylation sites is 1. The average molecular weight is 1070 g/mol. The van der Waals surface area contributed by atoms with Gasteiger partial charge in [-0.05, 0) is 61.8 Å². The predicted octanol–water partition coefficient (Wildman–Crippen LogP) is -1.61. The number of hydrogen-bond donors (Lipinski definition) is 13. The van der Waals surface area contributed by atoms with Crippen molar-refractivity contribution >= 4 is 81.7 Å². The number of nitrogens with zero attached hydrogens (tertiary/aromatic N) is 1. The summed E-state index contributed by atoms with van der Waals surface area (Å²) in [7, 11) is 0. The fourth-order valence-corrected chi connectivity index (χ4v) is 8.77. The molecule has 2 aromatic heterocycles. The first-order chi connectivity index (χ1) is 36.3. The number of imidazole rings is 1. The van der Waals surface area contributed by atoms with Crippen molar-refractivity contribution in [2.45, 2.75) is 127 Å². The molecular formula is C51H69N13O11S. The van der Waals surface area contributed by atoms with Crippen molar-refractivity contribution in [2.24, 2.45) is 11.7 Å². The molecule has 25 heteroatoms. The fraction of sp³-hybridized carbons (Fsp3) is 0.471. The number of hydrogen-bond acceptors (Lipinski definition) is 13. The quantitative estimate of drug-likeness (QED) is 0.0292. The molecule has 0 bridgehead atoms. The molecule has 0 saturated carbocycles. The van der Waals surface area contributed by atoms with Crippen LogP contribution in [0.15, 0.2) is 73.3 Å². The molecule has 24 nitrogen and oxygen atoms in total. The second-order valence-electron chi connectivity index (χ2n) is 18.7. The van der Waals surface area contributed by atoms with Crippen LogP contribution >= 0.6 is 11.8 Å². The Kier molecular flexibility index (Phi) is 22.4. The number of nitrogens with one attached hydrogen (secondary N) is 11. The monoisotopic (exact) mass is 1070 g/mol. The van der Waals surface area contributed by atoms with Gasteiger partial charge in [0.2, 0.25) is 59.1 Å². The molecule has 1 aliphatic heterocycles. The molecule has 3 heterocycles. The van der Waals surface area contributed by atoms with Gasteiger partial charge in [0.05, 0.1) is 19.0 Å². The minimum atomic E-state index is -1.66. The van der Waals surface area contributed by atoms with Gasteiger partial charge in [0.25, 0.3) is 0 Å². The van der Waals surface area contributed by atoms with Crippen LogP contribution in [-0.4, -0.2) is 152 Å². The largest absolute Gasteiger partial charge is 0.391 e. The molecule has 2 aromatic carbocycles. The standard InChI is InChI=1S/C51H69N13O11S/c1-6-27(2)42(63-46(70)36-16-17-40(66)58-36)51(75)62-38(21-31-23-54-34-15-11-10-14-33(31)34)47(71)57-28(3)45(69)64-43(29(4)65)50(74)55-25-41(67)59-39(22-32-24-53-26-56-32)49(73)61-37(20-30-12-8-7-9-13-30)48(72)60-35(44(52)68)18-19-76-5/h7-15,23-24,26-29,35-39,42-43,54,65H,6,16-22,25H2,1-5H3,(H2,52,68)(H,53,56)(H,55,74)(H,57,71)(H,58,66)(H,59,67)(H,60,72)(H,61,73)(H,62,75)(H,63,70)(H,64,69)/t27?,28-,29+,35-,36-,37-,38-,39-,42-,43-/m0/s1. The minimum Gasteiger partial charge on any atom is -0.391 e. The van der Waals surface area contributed by atoms with Gasteiger partial charge in [0, 0.05) is 54.7 Å². The lowest BCUT2D eigenvalue weighted by molar-refractivity contribution is -0.136. The molecule has 0 radical (unpaired) electrons. The highest BCUT2D eigenvalue weighted by Gasteiger charge is 2.36. The van der Waals surface area contributed by atoms with E-state index in [-0.39, 0.29) is 44.4 Å². The Hall–Kier alpha value is -7.80. The summed E-state index contributed by atoms with van der Waals surface area (Å²) in [6, 6.07) is 6.24. The van der Waals surface area contributed by atoms with Crippen LogP contribution < -0.4 is 53.6 Å². The van der Waals surface area contributed by atoms with Gasteiger partial charge in [-0.25, -0.2) is 4.98 Å². The smallest absolute Gasteiger partial charge is 0.245 e. The highest BCUT2D eigenvalue weighted by Crippen LogP contribution is 2.20. The summed E-state index contributed by atoms with van der Waals surface area (Å²) in [5.74, 6) is -7.23. The average Bonchev–Trinajstić information content (AvgIpc) is 4.19. The van der Waals surface area contributed by atoms with E-state index in [4.69, 9.17) is 5.73 Å². The van der Waals surface area contributed by atoms with Crippen LogP contribution in [0.2, 0.25) is 0 Å². The second kappa shape index (κ2) is 28.8. The Morgan fingerprint density at radius 2 is 1.38 bits per heavy atom. The van der Waals surface area contributed by atoms with E-state index < -0.39 is 120 Å². The molecule has 10 atom stereocenters. The van der Waals surface area contributed by atoms with Crippen LogP contribution in [0.5, 0.6) is 0 Å². The van der Waals surface area contributed by atoms with Crippen LogP contribution in [0.1, 0.15) is 70.2 Å². The molecular weight excluding hydrogens is 1000 g/mol. The fourth-order valence-electron chi connectivity index (χ4n) is 8.29. The number of aliphatic hydroxyl groups excluding tert-OH is 1. The molecule has 1 fully saturated rings. The number of primary amides is 1. The molecule has 0 aliphatic carbocycles. The molecule has 10 amide bonds. The Morgan fingerprint density at radius 3 is 2.01 bits per heavy atom. The topological polar surface area (TPSA) is 370 Å². The zero-order valence-corrected chi connectivity index (χ0v) is 43.8. The van der Waals surface area contributed by atoms with Crippen molar-refractivity contribution in [3.8, 4) is 0 Å². The molecule has 14 N–H and O–H groups in total. The van der Waals surface area contributed by atoms with E-state index >= 15 is 0 Å². The maximum Gasteiger partial charge on any atom is 0.245 e. The summed E-state index contributed by atoms with van der Waals surface area (Å²) in [5.41, 5.74) is 8.11. The third kappa shape index (κ3) is 17.4. The van der Waals surface area contributed by atoms with E-state index in [9.17, 15) is 53.1 Å². The summed E-state index contributed by atoms with van der Waals surface area (Å²) in [6.45, 7) is 5.37. The molecule has 1 saturated heterocycles. The highest BCUT2D eigenvalue weighted by molar-refractivity contribution is 7.98. The lowest BCUT2D eigenvalue weighted by Crippen LogP contribution is -2.61. The summed E-state index contributed by atoms with van der Waals surface area (Å²) < 4.78 is 0. The first kappa shape index (κ1) is 59.1. The molecule has 1 aliphatic rings. The number of aromatic amines is 2. The normalized spacial score (nSPS) is 16.7. The Labute approximate surface area is 443 Å². The summed E-state index contributed by atoms with van der Waals surface area (Å²) in [4.78, 5) is 144. The number of benzene rings is 2. The molecule has 410 valence electrons. The second-order valence-corrected chi connectivity index (χ2v) is 19.7. The predicted molar refractivity (Wildman–Crippen MR) is 281 cm³/mol. The number of H-pyrrole nitrogens is 2. The summed E-state index contributed by atoms with van der Waals surface area (Å²) in [6.07, 6.45) is 5.73. The van der Waals surface area contributed by atoms with Crippen molar-refractivity contribution in [2.75, 3.05) is 18.6 Å². The Morgan fingerprint density at radius 1 is 0.737 bits per heavy atom. The van der Waals surface area contributed by atoms with Crippen LogP contribution in [0.25, 0.3) is 10.9 Å². The molecule has 0 spiro atoms. The van der Waals surface area contributed by atoms with Crippen molar-refractivity contribution in [3.63, 3.8) is 0 Å². The highest BCUT2D eigenvalue weighted by atomic mass is 32.2. The zero-order chi connectivity index (χ0) is 55.5. The Balaban J connectivity index is 1.24. The number of nitrogens with two attached hydrogens (primary N) is 1. The number of aliphatic hydroxyl groups is 1. The van der Waals surface area contributed by atoms with Crippen LogP contribution in [0.3, 0.4) is 0 Å². The maximum atomic E-state index is 14.1. The van der Waals surface area contributed by atoms with E-state index in [0.717, 1.165) is 10.9 Å². The van der Waals surface area contributed by atoms with Gasteiger partial charge in [-0.15, -0.1) is 0 Å². The lowest BCUT2D eigenvalue weighted by atomic mass is 9.96. The van der Waals surface area contributed by atoms with Crippen LogP contribution in [0.4, 0.5) is 0 Å². The summed E-state index contributed by atoms with van der Waals surface area (Å²) in [5, 5.41) is 34.7. The first-order valence-electron chi connectivity index (χ1n) is 25.0. The van der Waals surface area contributed by atoms with E-state index in [2.05, 4.69) is 62.8 Å². The zero-order valence-electron chi connectivity index (χ0n) is 43.0. The van der Waals surface area contributed by atoms with Crippen molar-refractivity contribution < 1.29 is 53.1 Å². The van der Waals surface area contributed by atoms with Crippen molar-refractivity contribution in [1.82, 2.24) is 62.8 Å². The number of carbonyl (C=O) groups is 10. The number of thioether (sulfide) groups is 1. The maximum absolute atomic E-state index is 14.1. The van der Waals surface area contributed by atoms with Crippen LogP contribution in [-0.2, 0) is 67.2 Å². The number of rotatable bonds is 29. The third-order valence-corrected chi connectivity index (χ3v) is 13.5. The third-order valence-electron chi connectivity index (χ3n) is 12.9. The van der Waals surface area contributed by atoms with Gasteiger partial charge in [0.15, 0.2) is 0 Å². The number of fused-ring (bicyclic) bond motifs is 1. The molecule has 1 unspecified atom stereocenters. The van der Waals surface area contributed by atoms with Gasteiger partial charge >= 0.3 is 0 Å². The van der Waals surface area contributed by atoms with Gasteiger partial charge in [-0.2, -0.15) is 11.8 Å². The number of carbonyl (C=O) groups excluding carboxylic acids is 10. The SMILES string of the molecule is CCC(C)[C@H](NC(=O)[C@@H]1CCC(=O)N1)C(=O)N[C@@H](Cc1c[nH]c2ccccc12)C(=O)N[C@@H](C)C(=O)N[C@H](C(=O)NCC(=O)N[C@@H](Cc1cnc[nH]1)C(=O)N[C@@H](Cc1ccccc1)C(=O)N[C@@H](CCSC)C(N)=O)[C@@H](C)O. The van der Waals surface area contributed by atoms with Gasteiger partial charge < -0.3 is 68.7 Å². The van der Waals surface area contributed by atoms with E-state index in [0.29, 0.717) is 29.0 Å². The number of amides is 10. The van der Waals surface area contributed by atoms with Gasteiger partial charge in [-0.1, -0.05) is 68.8 Å². The minimum absolute atomic E-state index is 0.00784.